The van der Waals surface area contributed by atoms with Crippen molar-refractivity contribution in [3.05, 3.63) is 72.2 Å². The minimum absolute atomic E-state index is 0.0623. The fraction of sp³-hybridized carbons (Fsp3) is 0.379. The summed E-state index contributed by atoms with van der Waals surface area (Å²) in [5, 5.41) is 4.94. The number of pyridine rings is 1. The van der Waals surface area contributed by atoms with Gasteiger partial charge in [-0.25, -0.2) is 23.3 Å². The Hall–Kier alpha value is -4.08. The van der Waals surface area contributed by atoms with Gasteiger partial charge in [0.15, 0.2) is 11.8 Å². The SMILES string of the molecule is CC(F)C(=O)N(C)C1CCN(c2cccc(-c3cnc4ccc(N5CCCC5c5cccc(F)c5)nn34)n2)C1. The highest BCUT2D eigenvalue weighted by Gasteiger charge is 2.31. The van der Waals surface area contributed by atoms with Crippen LogP contribution >= 0.6 is 0 Å². The molecule has 2 saturated heterocycles. The van der Waals surface area contributed by atoms with Gasteiger partial charge in [0.25, 0.3) is 5.91 Å². The predicted octanol–water partition coefficient (Wildman–Crippen LogP) is 4.67. The number of alkyl halides is 1. The lowest BCUT2D eigenvalue weighted by Gasteiger charge is -2.26. The number of benzene rings is 1. The van der Waals surface area contributed by atoms with Crippen LogP contribution in [0, 0.1) is 5.82 Å². The number of carbonyl (C=O) groups excluding carboxylic acids is 1. The summed E-state index contributed by atoms with van der Waals surface area (Å²) in [5.41, 5.74) is 3.17. The molecule has 0 N–H and O–H groups in total. The summed E-state index contributed by atoms with van der Waals surface area (Å²) < 4.78 is 29.3. The number of nitrogens with zero attached hydrogens (tertiary/aromatic N) is 7. The Kier molecular flexibility index (Phi) is 6.62. The van der Waals surface area contributed by atoms with E-state index in [0.29, 0.717) is 12.2 Å². The summed E-state index contributed by atoms with van der Waals surface area (Å²) >= 11 is 0. The number of fused-ring (bicyclic) bond motifs is 1. The van der Waals surface area contributed by atoms with Crippen LogP contribution in [0.4, 0.5) is 20.4 Å². The first kappa shape index (κ1) is 25.2. The number of aromatic nitrogens is 4. The number of hydrogen-bond donors (Lipinski definition) is 0. The fourth-order valence-corrected chi connectivity index (χ4v) is 5.76. The third kappa shape index (κ3) is 4.79. The van der Waals surface area contributed by atoms with E-state index >= 15 is 0 Å². The van der Waals surface area contributed by atoms with E-state index in [-0.39, 0.29) is 17.9 Å². The molecule has 8 nitrogen and oxygen atoms in total. The second kappa shape index (κ2) is 10.2. The van der Waals surface area contributed by atoms with E-state index in [1.165, 1.54) is 17.9 Å². The van der Waals surface area contributed by atoms with Gasteiger partial charge in [-0.3, -0.25) is 4.79 Å². The maximum Gasteiger partial charge on any atom is 0.256 e. The molecule has 3 unspecified atom stereocenters. The third-order valence-corrected chi connectivity index (χ3v) is 7.85. The Labute approximate surface area is 225 Å². The van der Waals surface area contributed by atoms with Crippen molar-refractivity contribution < 1.29 is 13.6 Å². The highest BCUT2D eigenvalue weighted by atomic mass is 19.1. The van der Waals surface area contributed by atoms with Crippen LogP contribution in [0.3, 0.4) is 0 Å². The van der Waals surface area contributed by atoms with Crippen LogP contribution < -0.4 is 9.80 Å². The van der Waals surface area contributed by atoms with Crippen LogP contribution in [-0.2, 0) is 4.79 Å². The van der Waals surface area contributed by atoms with Crippen LogP contribution in [-0.4, -0.2) is 69.3 Å². The van der Waals surface area contributed by atoms with Crippen LogP contribution in [0.15, 0.2) is 60.8 Å². The van der Waals surface area contributed by atoms with Crippen LogP contribution in [0.5, 0.6) is 0 Å². The van der Waals surface area contributed by atoms with Crippen molar-refractivity contribution in [2.24, 2.45) is 0 Å². The second-order valence-corrected chi connectivity index (χ2v) is 10.3. The first-order valence-corrected chi connectivity index (χ1v) is 13.4. The molecule has 3 aromatic heterocycles. The number of likely N-dealkylation sites (N-methyl/N-ethyl adjacent to an activating group) is 1. The monoisotopic (exact) mass is 531 g/mol. The molecule has 4 aromatic rings. The lowest BCUT2D eigenvalue weighted by Crippen LogP contribution is -2.42. The molecule has 5 heterocycles. The zero-order valence-electron chi connectivity index (χ0n) is 22.0. The molecular formula is C29H31F2N7O. The second-order valence-electron chi connectivity index (χ2n) is 10.3. The van der Waals surface area contributed by atoms with E-state index in [0.717, 1.165) is 60.9 Å². The van der Waals surface area contributed by atoms with Crippen molar-refractivity contribution in [2.75, 3.05) is 36.5 Å². The van der Waals surface area contributed by atoms with Crippen molar-refractivity contribution in [3.63, 3.8) is 0 Å². The smallest absolute Gasteiger partial charge is 0.256 e. The molecule has 3 atom stereocenters. The summed E-state index contributed by atoms with van der Waals surface area (Å²) in [6.45, 7) is 3.44. The number of anilines is 2. The molecule has 0 spiro atoms. The average Bonchev–Trinajstić information content (AvgIpc) is 3.71. The van der Waals surface area contributed by atoms with Crippen LogP contribution in [0.25, 0.3) is 17.0 Å². The van der Waals surface area contributed by atoms with Gasteiger partial charge in [-0.2, -0.15) is 0 Å². The molecule has 0 aliphatic carbocycles. The van der Waals surface area contributed by atoms with Gasteiger partial charge in [0, 0.05) is 26.7 Å². The van der Waals surface area contributed by atoms with Gasteiger partial charge >= 0.3 is 0 Å². The first-order chi connectivity index (χ1) is 18.9. The van der Waals surface area contributed by atoms with E-state index in [4.69, 9.17) is 10.1 Å². The number of rotatable bonds is 6. The van der Waals surface area contributed by atoms with E-state index < -0.39 is 12.1 Å². The molecule has 2 aliphatic rings. The Bertz CT molecular complexity index is 1510. The van der Waals surface area contributed by atoms with Crippen molar-refractivity contribution in [1.82, 2.24) is 24.5 Å². The van der Waals surface area contributed by atoms with Gasteiger partial charge in [-0.15, -0.1) is 5.10 Å². The normalized spacial score (nSPS) is 20.1. The molecular weight excluding hydrogens is 500 g/mol. The molecule has 2 aliphatic heterocycles. The van der Waals surface area contributed by atoms with E-state index in [9.17, 15) is 13.6 Å². The Balaban J connectivity index is 1.27. The summed E-state index contributed by atoms with van der Waals surface area (Å²) in [6.07, 6.45) is 2.95. The van der Waals surface area contributed by atoms with Crippen molar-refractivity contribution in [3.8, 4) is 11.4 Å². The summed E-state index contributed by atoms with van der Waals surface area (Å²) in [7, 11) is 1.66. The number of amides is 1. The van der Waals surface area contributed by atoms with E-state index in [1.54, 1.807) is 25.4 Å². The molecule has 0 saturated carbocycles. The third-order valence-electron chi connectivity index (χ3n) is 7.85. The maximum atomic E-state index is 13.9. The topological polar surface area (TPSA) is 69.9 Å². The standard InChI is InChI=1S/C29H31F2N7O/c1-19(30)29(39)35(2)22-13-15-36(18-22)27-10-4-8-23(33-27)25-17-32-26-11-12-28(34-38(25)26)37-14-5-9-24(37)20-6-3-7-21(31)16-20/h3-4,6-8,10-12,16-17,19,22,24H,5,9,13-15,18H2,1-2H3. The van der Waals surface area contributed by atoms with Crippen LogP contribution in [0.2, 0.25) is 0 Å². The van der Waals surface area contributed by atoms with Gasteiger partial charge in [0.2, 0.25) is 0 Å². The lowest BCUT2D eigenvalue weighted by molar-refractivity contribution is -0.136. The number of hydrogen-bond acceptors (Lipinski definition) is 6. The highest BCUT2D eigenvalue weighted by molar-refractivity contribution is 5.80. The van der Waals surface area contributed by atoms with Crippen molar-refractivity contribution in [2.45, 2.75) is 44.4 Å². The minimum atomic E-state index is -1.51. The zero-order valence-corrected chi connectivity index (χ0v) is 22.0. The Morgan fingerprint density at radius 1 is 1.08 bits per heavy atom. The summed E-state index contributed by atoms with van der Waals surface area (Å²) in [4.78, 5) is 27.4. The fourth-order valence-electron chi connectivity index (χ4n) is 5.76. The molecule has 0 bridgehead atoms. The molecule has 0 radical (unpaired) electrons. The van der Waals surface area contributed by atoms with Gasteiger partial charge in [0.05, 0.1) is 24.0 Å². The van der Waals surface area contributed by atoms with Gasteiger partial charge in [-0.1, -0.05) is 18.2 Å². The summed E-state index contributed by atoms with van der Waals surface area (Å²) in [5.74, 6) is 0.877. The number of carbonyl (C=O) groups is 1. The molecule has 39 heavy (non-hydrogen) atoms. The van der Waals surface area contributed by atoms with Crippen molar-refractivity contribution in [1.29, 1.82) is 0 Å². The van der Waals surface area contributed by atoms with Gasteiger partial charge in [-0.05, 0) is 68.1 Å². The Morgan fingerprint density at radius 3 is 2.74 bits per heavy atom. The lowest BCUT2D eigenvalue weighted by atomic mass is 10.0. The predicted molar refractivity (Wildman–Crippen MR) is 146 cm³/mol. The Morgan fingerprint density at radius 2 is 1.92 bits per heavy atom. The molecule has 10 heteroatoms. The van der Waals surface area contributed by atoms with Crippen molar-refractivity contribution >= 4 is 23.2 Å². The van der Waals surface area contributed by atoms with E-state index in [2.05, 4.69) is 14.8 Å². The van der Waals surface area contributed by atoms with Gasteiger partial charge in [0.1, 0.15) is 23.1 Å². The first-order valence-electron chi connectivity index (χ1n) is 13.4. The number of imidazole rings is 1. The average molecular weight is 532 g/mol. The molecule has 6 rings (SSSR count). The largest absolute Gasteiger partial charge is 0.354 e. The maximum absolute atomic E-state index is 13.9. The number of halogens is 2. The summed E-state index contributed by atoms with van der Waals surface area (Å²) in [6, 6.07) is 16.5. The molecule has 202 valence electrons. The zero-order chi connectivity index (χ0) is 27.1. The van der Waals surface area contributed by atoms with Gasteiger partial charge < -0.3 is 14.7 Å². The van der Waals surface area contributed by atoms with E-state index in [1.807, 2.05) is 40.9 Å². The highest BCUT2D eigenvalue weighted by Crippen LogP contribution is 2.36. The molecule has 1 aromatic carbocycles. The quantitative estimate of drug-likeness (QED) is 0.360. The minimum Gasteiger partial charge on any atom is -0.354 e. The molecule has 1 amide bonds. The van der Waals surface area contributed by atoms with Crippen LogP contribution in [0.1, 0.15) is 37.8 Å². The molecule has 2 fully saturated rings.